The van der Waals surface area contributed by atoms with Gasteiger partial charge in [0.1, 0.15) is 0 Å². The first kappa shape index (κ1) is 25.1. The number of rotatable bonds is 5. The van der Waals surface area contributed by atoms with Crippen molar-refractivity contribution in [3.63, 3.8) is 0 Å². The van der Waals surface area contributed by atoms with Gasteiger partial charge in [0.2, 0.25) is 0 Å². The molecule has 0 unspecified atom stereocenters. The number of nitrogens with zero attached hydrogens (tertiary/aromatic N) is 2. The number of hydrogen-bond acceptors (Lipinski definition) is 2. The Kier molecular flexibility index (Phi) is 6.23. The first-order chi connectivity index (χ1) is 21.3. The molecule has 0 saturated carbocycles. The van der Waals surface area contributed by atoms with Gasteiger partial charge in [0.05, 0.1) is 0 Å². The van der Waals surface area contributed by atoms with Gasteiger partial charge in [-0.3, -0.25) is 0 Å². The van der Waals surface area contributed by atoms with Gasteiger partial charge in [-0.1, -0.05) is 103 Å². The molecule has 0 N–H and O–H groups in total. The lowest BCUT2D eigenvalue weighted by molar-refractivity contribution is 1.09. The van der Waals surface area contributed by atoms with Crippen LogP contribution in [0.2, 0.25) is 0 Å². The Morgan fingerprint density at radius 2 is 1.00 bits per heavy atom. The Labute approximate surface area is 252 Å². The quantitative estimate of drug-likeness (QED) is 0.210. The molecule has 7 aromatic carbocycles. The van der Waals surface area contributed by atoms with Crippen LogP contribution in [0, 0.1) is 0 Å². The molecule has 0 radical (unpaired) electrons. The van der Waals surface area contributed by atoms with Crippen LogP contribution in [0.15, 0.2) is 170 Å². The maximum absolute atomic E-state index is 2.39. The van der Waals surface area contributed by atoms with Crippen LogP contribution in [0.25, 0.3) is 21.9 Å². The van der Waals surface area contributed by atoms with Gasteiger partial charge in [-0.05, 0) is 99.8 Å². The third-order valence-electron chi connectivity index (χ3n) is 8.41. The molecule has 204 valence electrons. The van der Waals surface area contributed by atoms with Crippen LogP contribution < -0.4 is 9.80 Å². The number of fused-ring (bicyclic) bond motifs is 3. The van der Waals surface area contributed by atoms with Gasteiger partial charge in [-0.2, -0.15) is 0 Å². The highest BCUT2D eigenvalue weighted by Gasteiger charge is 2.24. The molecule has 8 rings (SSSR count). The van der Waals surface area contributed by atoms with Gasteiger partial charge in [-0.25, -0.2) is 0 Å². The van der Waals surface area contributed by atoms with E-state index in [0.29, 0.717) is 0 Å². The Morgan fingerprint density at radius 3 is 1.81 bits per heavy atom. The predicted octanol–water partition coefficient (Wildman–Crippen LogP) is 11.4. The first-order valence-electron chi connectivity index (χ1n) is 14.8. The molecule has 1 aliphatic rings. The summed E-state index contributed by atoms with van der Waals surface area (Å²) in [7, 11) is 0. The van der Waals surface area contributed by atoms with Gasteiger partial charge in [0, 0.05) is 40.5 Å². The summed E-state index contributed by atoms with van der Waals surface area (Å²) in [6.07, 6.45) is 0.921. The van der Waals surface area contributed by atoms with Gasteiger partial charge in [0.25, 0.3) is 0 Å². The van der Waals surface area contributed by atoms with E-state index in [2.05, 4.69) is 180 Å². The average Bonchev–Trinajstić information content (AvgIpc) is 3.08. The van der Waals surface area contributed by atoms with Gasteiger partial charge in [0.15, 0.2) is 0 Å². The Hall–Kier alpha value is -5.60. The minimum atomic E-state index is 0.921. The van der Waals surface area contributed by atoms with E-state index in [4.69, 9.17) is 0 Å². The zero-order valence-electron chi connectivity index (χ0n) is 23.8. The van der Waals surface area contributed by atoms with E-state index in [0.717, 1.165) is 23.5 Å². The average molecular weight is 551 g/mol. The van der Waals surface area contributed by atoms with Crippen molar-refractivity contribution in [2.75, 3.05) is 9.80 Å². The summed E-state index contributed by atoms with van der Waals surface area (Å²) in [5.41, 5.74) is 12.2. The van der Waals surface area contributed by atoms with E-state index in [1.54, 1.807) is 0 Å². The molecule has 0 aliphatic carbocycles. The lowest BCUT2D eigenvalue weighted by atomic mass is 9.92. The number of benzene rings is 7. The van der Waals surface area contributed by atoms with Crippen molar-refractivity contribution in [1.82, 2.24) is 0 Å². The van der Waals surface area contributed by atoms with Crippen molar-refractivity contribution in [3.05, 3.63) is 181 Å². The van der Waals surface area contributed by atoms with Crippen LogP contribution >= 0.6 is 0 Å². The SMILES string of the molecule is c1ccc(N(c2ccc(-c3ccc4c(c3)Cc3ccccc3N4c3ccccc3)cc2)c2ccc3ccccc3c2)cc1. The molecule has 7 aromatic rings. The fourth-order valence-electron chi connectivity index (χ4n) is 6.34. The molecule has 0 spiro atoms. The molecular formula is C41H30N2. The fourth-order valence-corrected chi connectivity index (χ4v) is 6.34. The number of hydrogen-bond donors (Lipinski definition) is 0. The zero-order chi connectivity index (χ0) is 28.6. The fraction of sp³-hybridized carbons (Fsp3) is 0.0244. The number of anilines is 6. The molecule has 0 bridgehead atoms. The lowest BCUT2D eigenvalue weighted by Gasteiger charge is -2.33. The standard InChI is InChI=1S/C41H30N2/c1-3-14-36(15-4-1)42(39-25-21-30-11-7-8-12-32(30)29-39)38-23-19-31(20-24-38)33-22-26-41-35(27-33)28-34-13-9-10-18-40(34)43(41)37-16-5-2-6-17-37/h1-27,29H,28H2. The van der Waals surface area contributed by atoms with E-state index in [9.17, 15) is 0 Å². The highest BCUT2D eigenvalue weighted by Crippen LogP contribution is 2.45. The van der Waals surface area contributed by atoms with Crippen LogP contribution in [-0.2, 0) is 6.42 Å². The summed E-state index contributed by atoms with van der Waals surface area (Å²) in [5.74, 6) is 0. The third-order valence-corrected chi connectivity index (χ3v) is 8.41. The molecule has 0 saturated heterocycles. The molecule has 2 heteroatoms. The molecular weight excluding hydrogens is 520 g/mol. The monoisotopic (exact) mass is 550 g/mol. The lowest BCUT2D eigenvalue weighted by Crippen LogP contribution is -2.18. The van der Waals surface area contributed by atoms with Gasteiger partial charge >= 0.3 is 0 Å². The molecule has 0 fully saturated rings. The van der Waals surface area contributed by atoms with Crippen LogP contribution in [0.4, 0.5) is 34.1 Å². The van der Waals surface area contributed by atoms with Crippen LogP contribution in [0.5, 0.6) is 0 Å². The second-order valence-electron chi connectivity index (χ2n) is 11.1. The maximum atomic E-state index is 2.39. The second-order valence-corrected chi connectivity index (χ2v) is 11.1. The Bertz CT molecular complexity index is 2050. The highest BCUT2D eigenvalue weighted by atomic mass is 15.2. The van der Waals surface area contributed by atoms with Crippen molar-refractivity contribution in [2.24, 2.45) is 0 Å². The Morgan fingerprint density at radius 1 is 0.395 bits per heavy atom. The molecule has 1 heterocycles. The van der Waals surface area contributed by atoms with Crippen molar-refractivity contribution in [2.45, 2.75) is 6.42 Å². The van der Waals surface area contributed by atoms with Crippen molar-refractivity contribution in [1.29, 1.82) is 0 Å². The summed E-state index contributed by atoms with van der Waals surface area (Å²) in [4.78, 5) is 4.72. The summed E-state index contributed by atoms with van der Waals surface area (Å²) in [5, 5.41) is 2.48. The molecule has 43 heavy (non-hydrogen) atoms. The maximum Gasteiger partial charge on any atom is 0.0497 e. The smallest absolute Gasteiger partial charge is 0.0497 e. The van der Waals surface area contributed by atoms with E-state index in [1.165, 1.54) is 50.1 Å². The van der Waals surface area contributed by atoms with Crippen LogP contribution in [-0.4, -0.2) is 0 Å². The topological polar surface area (TPSA) is 6.48 Å². The summed E-state index contributed by atoms with van der Waals surface area (Å²) < 4.78 is 0. The summed E-state index contributed by atoms with van der Waals surface area (Å²) in [6.45, 7) is 0. The normalized spacial score (nSPS) is 12.0. The third kappa shape index (κ3) is 4.64. The van der Waals surface area contributed by atoms with E-state index >= 15 is 0 Å². The van der Waals surface area contributed by atoms with E-state index < -0.39 is 0 Å². The second kappa shape index (κ2) is 10.7. The minimum absolute atomic E-state index is 0.921. The molecule has 1 aliphatic heterocycles. The molecule has 2 nitrogen and oxygen atoms in total. The van der Waals surface area contributed by atoms with E-state index in [-0.39, 0.29) is 0 Å². The predicted molar refractivity (Wildman–Crippen MR) is 182 cm³/mol. The van der Waals surface area contributed by atoms with Crippen LogP contribution in [0.3, 0.4) is 0 Å². The summed E-state index contributed by atoms with van der Waals surface area (Å²) in [6, 6.07) is 61.1. The minimum Gasteiger partial charge on any atom is -0.310 e. The zero-order valence-corrected chi connectivity index (χ0v) is 23.8. The van der Waals surface area contributed by atoms with Gasteiger partial charge in [-0.15, -0.1) is 0 Å². The van der Waals surface area contributed by atoms with Crippen molar-refractivity contribution < 1.29 is 0 Å². The van der Waals surface area contributed by atoms with E-state index in [1.807, 2.05) is 0 Å². The highest BCUT2D eigenvalue weighted by molar-refractivity contribution is 5.90. The largest absolute Gasteiger partial charge is 0.310 e. The molecule has 0 amide bonds. The van der Waals surface area contributed by atoms with Crippen molar-refractivity contribution >= 4 is 44.9 Å². The van der Waals surface area contributed by atoms with Crippen molar-refractivity contribution in [3.8, 4) is 11.1 Å². The van der Waals surface area contributed by atoms with Crippen LogP contribution in [0.1, 0.15) is 11.1 Å². The molecule has 0 aromatic heterocycles. The molecule has 0 atom stereocenters. The Balaban J connectivity index is 1.17. The van der Waals surface area contributed by atoms with Gasteiger partial charge < -0.3 is 9.80 Å². The summed E-state index contributed by atoms with van der Waals surface area (Å²) >= 11 is 0. The first-order valence-corrected chi connectivity index (χ1v) is 14.8. The number of para-hydroxylation sites is 3.